The number of nitrogens with one attached hydrogen (secondary N) is 2. The second kappa shape index (κ2) is 11.3. The Morgan fingerprint density at radius 2 is 1.69 bits per heavy atom. The third kappa shape index (κ3) is 6.27. The van der Waals surface area contributed by atoms with Crippen molar-refractivity contribution in [2.45, 2.75) is 18.4 Å². The smallest absolute Gasteiger partial charge is 0.261 e. The van der Waals surface area contributed by atoms with Crippen molar-refractivity contribution in [2.75, 3.05) is 30.9 Å². The average Bonchev–Trinajstić information content (AvgIpc) is 2.89. The van der Waals surface area contributed by atoms with Crippen LogP contribution in [0.5, 0.6) is 0 Å². The molecule has 0 saturated carbocycles. The van der Waals surface area contributed by atoms with Crippen LogP contribution in [0.25, 0.3) is 6.08 Å². The normalized spacial score (nSPS) is 14.6. The molecule has 1 aliphatic heterocycles. The van der Waals surface area contributed by atoms with Crippen LogP contribution in [0.4, 0.5) is 5.69 Å². The number of amides is 1. The maximum Gasteiger partial charge on any atom is 0.261 e. The molecule has 7 nitrogen and oxygen atoms in total. The van der Waals surface area contributed by atoms with Gasteiger partial charge in [-0.3, -0.25) is 14.4 Å². The number of piperazine rings is 1. The molecule has 1 heterocycles. The van der Waals surface area contributed by atoms with Crippen molar-refractivity contribution in [2.24, 2.45) is 0 Å². The van der Waals surface area contributed by atoms with Crippen LogP contribution < -0.4 is 4.72 Å². The number of aryl methyl sites for hydroxylation is 1. The minimum Gasteiger partial charge on any atom is -0.336 e. The summed E-state index contributed by atoms with van der Waals surface area (Å²) in [6.07, 6.45) is 4.32. The van der Waals surface area contributed by atoms with Crippen molar-refractivity contribution in [3.05, 3.63) is 101 Å². The predicted molar refractivity (Wildman–Crippen MR) is 144 cm³/mol. The fourth-order valence-electron chi connectivity index (χ4n) is 4.16. The van der Waals surface area contributed by atoms with Crippen molar-refractivity contribution in [1.82, 2.24) is 9.80 Å². The summed E-state index contributed by atoms with van der Waals surface area (Å²) in [5.74, 6) is -0.0503. The van der Waals surface area contributed by atoms with E-state index in [1.165, 1.54) is 23.3 Å². The van der Waals surface area contributed by atoms with E-state index in [1.807, 2.05) is 11.0 Å². The van der Waals surface area contributed by atoms with Gasteiger partial charge < -0.3 is 10.3 Å². The first-order valence-corrected chi connectivity index (χ1v) is 13.3. The second-order valence-electron chi connectivity index (χ2n) is 8.78. The third-order valence-electron chi connectivity index (χ3n) is 6.25. The monoisotopic (exact) mass is 502 g/mol. The van der Waals surface area contributed by atoms with Gasteiger partial charge in [-0.1, -0.05) is 42.5 Å². The largest absolute Gasteiger partial charge is 0.336 e. The zero-order valence-electron chi connectivity index (χ0n) is 20.2. The molecule has 1 saturated heterocycles. The fraction of sp³-hybridized carbons (Fsp3) is 0.214. The molecule has 3 aromatic carbocycles. The number of hydrogen-bond acceptors (Lipinski definition) is 5. The third-order valence-corrected chi connectivity index (χ3v) is 7.63. The number of nitrogens with zero attached hydrogens (tertiary/aromatic N) is 2. The van der Waals surface area contributed by atoms with Gasteiger partial charge >= 0.3 is 0 Å². The second-order valence-corrected chi connectivity index (χ2v) is 10.5. The van der Waals surface area contributed by atoms with Gasteiger partial charge in [-0.25, -0.2) is 8.42 Å². The van der Waals surface area contributed by atoms with E-state index in [9.17, 15) is 13.2 Å². The molecule has 36 heavy (non-hydrogen) atoms. The van der Waals surface area contributed by atoms with Gasteiger partial charge in [0.2, 0.25) is 0 Å². The number of sulfonamides is 1. The van der Waals surface area contributed by atoms with Crippen molar-refractivity contribution in [1.29, 1.82) is 5.41 Å². The summed E-state index contributed by atoms with van der Waals surface area (Å²) in [6, 6.07) is 21.4. The van der Waals surface area contributed by atoms with Gasteiger partial charge in [-0.15, -0.1) is 0 Å². The number of hydrogen-bond donors (Lipinski definition) is 2. The number of carbonyl (C=O) groups is 1. The van der Waals surface area contributed by atoms with Crippen LogP contribution in [0.1, 0.15) is 27.0 Å². The maximum absolute atomic E-state index is 13.0. The minimum atomic E-state index is -3.79. The van der Waals surface area contributed by atoms with Crippen molar-refractivity contribution in [3.8, 4) is 0 Å². The van der Waals surface area contributed by atoms with Crippen LogP contribution in [0, 0.1) is 12.3 Å². The highest BCUT2D eigenvalue weighted by atomic mass is 32.2. The number of rotatable bonds is 8. The lowest BCUT2D eigenvalue weighted by Gasteiger charge is -2.35. The highest BCUT2D eigenvalue weighted by Gasteiger charge is 2.23. The van der Waals surface area contributed by atoms with E-state index in [0.717, 1.165) is 25.8 Å². The summed E-state index contributed by atoms with van der Waals surface area (Å²) in [5.41, 5.74) is 4.18. The molecular formula is C28H30N4O3S. The first kappa shape index (κ1) is 25.3. The molecule has 2 N–H and O–H groups in total. The van der Waals surface area contributed by atoms with Crippen LogP contribution in [0.3, 0.4) is 0 Å². The number of anilines is 1. The van der Waals surface area contributed by atoms with E-state index in [-0.39, 0.29) is 10.8 Å². The Labute approximate surface area is 212 Å². The molecule has 0 radical (unpaired) electrons. The van der Waals surface area contributed by atoms with E-state index >= 15 is 0 Å². The maximum atomic E-state index is 13.0. The van der Waals surface area contributed by atoms with Gasteiger partial charge in [0.1, 0.15) is 0 Å². The Morgan fingerprint density at radius 3 is 2.39 bits per heavy atom. The molecule has 186 valence electrons. The Hall–Kier alpha value is -3.75. The summed E-state index contributed by atoms with van der Waals surface area (Å²) in [6.45, 7) is 5.93. The van der Waals surface area contributed by atoms with Gasteiger partial charge in [0.25, 0.3) is 15.9 Å². The summed E-state index contributed by atoms with van der Waals surface area (Å²) in [4.78, 5) is 17.3. The molecule has 4 rings (SSSR count). The minimum absolute atomic E-state index is 0.0503. The number of allylic oxidation sites excluding steroid dienone is 1. The molecule has 0 spiro atoms. The van der Waals surface area contributed by atoms with Crippen molar-refractivity contribution in [3.63, 3.8) is 0 Å². The molecule has 8 heteroatoms. The highest BCUT2D eigenvalue weighted by Crippen LogP contribution is 2.20. The molecule has 0 aliphatic carbocycles. The lowest BCUT2D eigenvalue weighted by Crippen LogP contribution is -2.48. The SMILES string of the molecule is Cc1ccccc1CN1CCN(C(=O)c2ccc(NS(=O)(=O)c3cccc(/C=C\C=N)c3)cc2)CC1. The van der Waals surface area contributed by atoms with Crippen LogP contribution in [-0.4, -0.2) is 56.5 Å². The molecule has 0 unspecified atom stereocenters. The standard InChI is InChI=1S/C28H30N4O3S/c1-22-6-2-3-9-25(22)21-31-16-18-32(19-17-31)28(33)24-11-13-26(14-12-24)30-36(34,35)27-10-4-7-23(20-27)8-5-15-29/h2-15,20,29-30H,16-19,21H2,1H3/b8-5-,29-15?. The topological polar surface area (TPSA) is 93.6 Å². The van der Waals surface area contributed by atoms with Gasteiger partial charge in [0, 0.05) is 50.2 Å². The first-order chi connectivity index (χ1) is 17.4. The molecule has 3 aromatic rings. The van der Waals surface area contributed by atoms with Crippen LogP contribution in [0.15, 0.2) is 83.8 Å². The van der Waals surface area contributed by atoms with E-state index in [2.05, 4.69) is 34.7 Å². The van der Waals surface area contributed by atoms with Gasteiger partial charge in [0.15, 0.2) is 0 Å². The zero-order valence-corrected chi connectivity index (χ0v) is 21.0. The molecular weight excluding hydrogens is 472 g/mol. The molecule has 0 bridgehead atoms. The van der Waals surface area contributed by atoms with E-state index in [1.54, 1.807) is 48.5 Å². The average molecular weight is 503 g/mol. The molecule has 1 amide bonds. The Bertz CT molecular complexity index is 1360. The summed E-state index contributed by atoms with van der Waals surface area (Å²) < 4.78 is 28.2. The van der Waals surface area contributed by atoms with Crippen molar-refractivity contribution < 1.29 is 13.2 Å². The lowest BCUT2D eigenvalue weighted by molar-refractivity contribution is 0.0628. The van der Waals surface area contributed by atoms with Crippen LogP contribution >= 0.6 is 0 Å². The quantitative estimate of drug-likeness (QED) is 0.446. The van der Waals surface area contributed by atoms with Gasteiger partial charge in [-0.05, 0) is 66.1 Å². The van der Waals surface area contributed by atoms with Gasteiger partial charge in [0.05, 0.1) is 4.90 Å². The first-order valence-electron chi connectivity index (χ1n) is 11.8. The lowest BCUT2D eigenvalue weighted by atomic mass is 10.1. The molecule has 0 aromatic heterocycles. The predicted octanol–water partition coefficient (Wildman–Crippen LogP) is 4.42. The van der Waals surface area contributed by atoms with Crippen LogP contribution in [-0.2, 0) is 16.6 Å². The summed E-state index contributed by atoms with van der Waals surface area (Å²) >= 11 is 0. The van der Waals surface area contributed by atoms with E-state index in [0.29, 0.717) is 29.9 Å². The Balaban J connectivity index is 1.35. The van der Waals surface area contributed by atoms with E-state index in [4.69, 9.17) is 5.41 Å². The fourth-order valence-corrected chi connectivity index (χ4v) is 5.27. The summed E-state index contributed by atoms with van der Waals surface area (Å²) in [7, 11) is -3.79. The van der Waals surface area contributed by atoms with E-state index < -0.39 is 10.0 Å². The molecule has 1 aliphatic rings. The Morgan fingerprint density at radius 1 is 0.972 bits per heavy atom. The van der Waals surface area contributed by atoms with Crippen LogP contribution in [0.2, 0.25) is 0 Å². The van der Waals surface area contributed by atoms with Gasteiger partial charge in [-0.2, -0.15) is 0 Å². The molecule has 0 atom stereocenters. The highest BCUT2D eigenvalue weighted by molar-refractivity contribution is 7.92. The molecule has 1 fully saturated rings. The van der Waals surface area contributed by atoms with Crippen molar-refractivity contribution >= 4 is 33.9 Å². The Kier molecular flexibility index (Phi) is 7.97. The number of carbonyl (C=O) groups excluding carboxylic acids is 1. The summed E-state index contributed by atoms with van der Waals surface area (Å²) in [5, 5.41) is 7.08. The number of benzene rings is 3. The zero-order chi connectivity index (χ0) is 25.5.